The summed E-state index contributed by atoms with van der Waals surface area (Å²) in [5, 5.41) is -0.477. The van der Waals surface area contributed by atoms with Gasteiger partial charge < -0.3 is 4.74 Å². The summed E-state index contributed by atoms with van der Waals surface area (Å²) in [6.07, 6.45) is 1.99. The van der Waals surface area contributed by atoms with Crippen LogP contribution >= 0.6 is 11.8 Å². The van der Waals surface area contributed by atoms with E-state index in [1.165, 1.54) is 0 Å². The predicted octanol–water partition coefficient (Wildman–Crippen LogP) is 2.77. The smallest absolute Gasteiger partial charge is 0.326 e. The summed E-state index contributed by atoms with van der Waals surface area (Å²) in [7, 11) is 0. The Morgan fingerprint density at radius 2 is 2.17 bits per heavy atom. The first-order valence-corrected chi connectivity index (χ1v) is 8.11. The van der Waals surface area contributed by atoms with E-state index < -0.39 is 17.1 Å². The summed E-state index contributed by atoms with van der Waals surface area (Å²) in [5.74, 6) is -1.08. The third-order valence-corrected chi connectivity index (χ3v) is 4.16. The Bertz CT molecular complexity index is 672. The van der Waals surface area contributed by atoms with E-state index in [1.807, 2.05) is 26.0 Å². The van der Waals surface area contributed by atoms with Crippen LogP contribution in [0.2, 0.25) is 0 Å². The van der Waals surface area contributed by atoms with E-state index in [0.29, 0.717) is 12.1 Å². The van der Waals surface area contributed by atoms with E-state index in [-0.39, 0.29) is 17.6 Å². The zero-order valence-electron chi connectivity index (χ0n) is 13.2. The summed E-state index contributed by atoms with van der Waals surface area (Å²) >= 11 is 0.800. The lowest BCUT2D eigenvalue weighted by molar-refractivity contribution is -0.150. The predicted molar refractivity (Wildman–Crippen MR) is 87.5 cm³/mol. The van der Waals surface area contributed by atoms with Crippen LogP contribution in [-0.2, 0) is 14.3 Å². The van der Waals surface area contributed by atoms with Crippen molar-refractivity contribution in [3.63, 3.8) is 0 Å². The average molecular weight is 334 g/mol. The largest absolute Gasteiger partial charge is 0.461 e. The van der Waals surface area contributed by atoms with E-state index in [0.717, 1.165) is 22.4 Å². The molecule has 0 aliphatic carbocycles. The Labute approximate surface area is 138 Å². The third kappa shape index (κ3) is 4.41. The Balaban J connectivity index is 2.09. The highest BCUT2D eigenvalue weighted by Gasteiger charge is 2.36. The second kappa shape index (κ2) is 7.41. The lowest BCUT2D eigenvalue weighted by Crippen LogP contribution is -2.35. The van der Waals surface area contributed by atoms with Gasteiger partial charge in [-0.25, -0.2) is 0 Å². The van der Waals surface area contributed by atoms with Crippen molar-refractivity contribution >= 4 is 35.0 Å². The number of hydrogen-bond donors (Lipinski definition) is 0. The molecule has 1 aliphatic heterocycles. The van der Waals surface area contributed by atoms with Gasteiger partial charge in [-0.2, -0.15) is 0 Å². The Morgan fingerprint density at radius 3 is 2.83 bits per heavy atom. The van der Waals surface area contributed by atoms with Crippen LogP contribution in [0.4, 0.5) is 4.79 Å². The molecular formula is C16H18N2O4S. The van der Waals surface area contributed by atoms with Crippen molar-refractivity contribution < 1.29 is 19.1 Å². The molecule has 0 N–H and O–H groups in total. The average Bonchev–Trinajstić information content (AvgIpc) is 2.74. The normalized spacial score (nSPS) is 17.7. The monoisotopic (exact) mass is 334 g/mol. The standard InChI is InChI=1S/C16H18N2O4S/c1-4-11(3)22-14(19)9-18-15(20)13(23-16(18)21)8-12-7-5-6-10(2)17-12/h5-8,11H,4,9H2,1-3H3/b13-8+/t11-/m0/s1. The molecule has 1 atom stereocenters. The summed E-state index contributed by atoms with van der Waals surface area (Å²) < 4.78 is 5.10. The molecule has 0 spiro atoms. The van der Waals surface area contributed by atoms with E-state index in [9.17, 15) is 14.4 Å². The first kappa shape index (κ1) is 17.2. The van der Waals surface area contributed by atoms with Crippen LogP contribution in [-0.4, -0.2) is 39.6 Å². The van der Waals surface area contributed by atoms with Crippen LogP contribution in [0.1, 0.15) is 31.7 Å². The second-order valence-electron chi connectivity index (χ2n) is 5.18. The van der Waals surface area contributed by atoms with Gasteiger partial charge >= 0.3 is 5.97 Å². The van der Waals surface area contributed by atoms with Crippen molar-refractivity contribution in [3.05, 3.63) is 34.5 Å². The Morgan fingerprint density at radius 1 is 1.43 bits per heavy atom. The molecule has 0 radical (unpaired) electrons. The quantitative estimate of drug-likeness (QED) is 0.609. The maximum Gasteiger partial charge on any atom is 0.326 e. The lowest BCUT2D eigenvalue weighted by atomic mass is 10.3. The van der Waals surface area contributed by atoms with Crippen LogP contribution in [0.3, 0.4) is 0 Å². The number of rotatable bonds is 5. The lowest BCUT2D eigenvalue weighted by Gasteiger charge is -2.14. The molecule has 0 bridgehead atoms. The molecule has 6 nitrogen and oxygen atoms in total. The van der Waals surface area contributed by atoms with Crippen molar-refractivity contribution in [2.45, 2.75) is 33.3 Å². The molecule has 2 amide bonds. The zero-order chi connectivity index (χ0) is 17.0. The molecule has 1 saturated heterocycles. The molecule has 0 aromatic carbocycles. The highest BCUT2D eigenvalue weighted by atomic mass is 32.2. The Kier molecular flexibility index (Phi) is 5.54. The van der Waals surface area contributed by atoms with E-state index >= 15 is 0 Å². The van der Waals surface area contributed by atoms with Gasteiger partial charge in [0.15, 0.2) is 0 Å². The summed E-state index contributed by atoms with van der Waals surface area (Å²) in [4.78, 5) is 41.4. The Hall–Kier alpha value is -2.15. The fourth-order valence-electron chi connectivity index (χ4n) is 1.89. The van der Waals surface area contributed by atoms with Crippen molar-refractivity contribution in [3.8, 4) is 0 Å². The third-order valence-electron chi connectivity index (χ3n) is 3.26. The SMILES string of the molecule is CC[C@H](C)OC(=O)CN1C(=O)S/C(=C/c2cccc(C)n2)C1=O. The number of aromatic nitrogens is 1. The topological polar surface area (TPSA) is 76.6 Å². The highest BCUT2D eigenvalue weighted by molar-refractivity contribution is 8.18. The number of carbonyl (C=O) groups excluding carboxylic acids is 3. The minimum atomic E-state index is -0.586. The molecule has 23 heavy (non-hydrogen) atoms. The molecule has 2 heterocycles. The van der Waals surface area contributed by atoms with E-state index in [2.05, 4.69) is 4.98 Å². The van der Waals surface area contributed by atoms with Crippen LogP contribution in [0.25, 0.3) is 6.08 Å². The second-order valence-corrected chi connectivity index (χ2v) is 6.17. The number of esters is 1. The van der Waals surface area contributed by atoms with Gasteiger partial charge in [-0.1, -0.05) is 13.0 Å². The molecule has 1 aliphatic rings. The number of carbonyl (C=O) groups is 3. The van der Waals surface area contributed by atoms with Gasteiger partial charge in [-0.05, 0) is 50.2 Å². The maximum atomic E-state index is 12.3. The molecule has 2 rings (SSSR count). The highest BCUT2D eigenvalue weighted by Crippen LogP contribution is 2.31. The van der Waals surface area contributed by atoms with Crippen molar-refractivity contribution in [1.29, 1.82) is 0 Å². The minimum absolute atomic E-state index is 0.241. The van der Waals surface area contributed by atoms with E-state index in [1.54, 1.807) is 19.1 Å². The number of aryl methyl sites for hydroxylation is 1. The first-order valence-electron chi connectivity index (χ1n) is 7.29. The summed E-state index contributed by atoms with van der Waals surface area (Å²) in [6.45, 7) is 5.12. The molecule has 122 valence electrons. The van der Waals surface area contributed by atoms with Crippen LogP contribution in [0.5, 0.6) is 0 Å². The number of pyridine rings is 1. The number of thioether (sulfide) groups is 1. The van der Waals surface area contributed by atoms with E-state index in [4.69, 9.17) is 4.74 Å². The van der Waals surface area contributed by atoms with Gasteiger partial charge in [0.05, 0.1) is 16.7 Å². The molecule has 0 unspecified atom stereocenters. The van der Waals surface area contributed by atoms with Crippen molar-refractivity contribution in [2.75, 3.05) is 6.54 Å². The fourth-order valence-corrected chi connectivity index (χ4v) is 2.71. The van der Waals surface area contributed by atoms with Gasteiger partial charge in [0.2, 0.25) is 0 Å². The maximum absolute atomic E-state index is 12.3. The first-order chi connectivity index (χ1) is 10.9. The van der Waals surface area contributed by atoms with Crippen LogP contribution in [0, 0.1) is 6.92 Å². The summed E-state index contributed by atoms with van der Waals surface area (Å²) in [6, 6.07) is 5.41. The minimum Gasteiger partial charge on any atom is -0.461 e. The van der Waals surface area contributed by atoms with Gasteiger partial charge in [-0.3, -0.25) is 24.3 Å². The number of nitrogens with zero attached hydrogens (tertiary/aromatic N) is 2. The number of imide groups is 1. The number of hydrogen-bond acceptors (Lipinski definition) is 6. The summed E-state index contributed by atoms with van der Waals surface area (Å²) in [5.41, 5.74) is 1.41. The molecular weight excluding hydrogens is 316 g/mol. The van der Waals surface area contributed by atoms with Gasteiger partial charge in [0, 0.05) is 5.69 Å². The van der Waals surface area contributed by atoms with Crippen molar-refractivity contribution in [2.24, 2.45) is 0 Å². The molecule has 1 fully saturated rings. The molecule has 1 aromatic rings. The number of ether oxygens (including phenoxy) is 1. The zero-order valence-corrected chi connectivity index (χ0v) is 14.1. The fraction of sp³-hybridized carbons (Fsp3) is 0.375. The number of amides is 2. The van der Waals surface area contributed by atoms with Gasteiger partial charge in [0.1, 0.15) is 6.54 Å². The van der Waals surface area contributed by atoms with Gasteiger partial charge in [-0.15, -0.1) is 0 Å². The molecule has 0 saturated carbocycles. The van der Waals surface area contributed by atoms with Crippen LogP contribution < -0.4 is 0 Å². The molecule has 1 aromatic heterocycles. The van der Waals surface area contributed by atoms with Crippen molar-refractivity contribution in [1.82, 2.24) is 9.88 Å². The van der Waals surface area contributed by atoms with Gasteiger partial charge in [0.25, 0.3) is 11.1 Å². The van der Waals surface area contributed by atoms with Crippen LogP contribution in [0.15, 0.2) is 23.1 Å². The molecule has 7 heteroatoms.